The predicted octanol–water partition coefficient (Wildman–Crippen LogP) is 5.40. The van der Waals surface area contributed by atoms with Crippen LogP contribution < -0.4 is 42.4 Å². The van der Waals surface area contributed by atoms with Gasteiger partial charge in [-0.1, -0.05) is 48.6 Å². The summed E-state index contributed by atoms with van der Waals surface area (Å²) in [5, 5.41) is 24.6. The topological polar surface area (TPSA) is 471 Å². The Balaban J connectivity index is 0.823. The van der Waals surface area contributed by atoms with Crippen LogP contribution in [0.2, 0.25) is 0 Å². The van der Waals surface area contributed by atoms with E-state index in [1.54, 1.807) is 6.07 Å². The molecule has 11 rings (SSSR count). The first-order chi connectivity index (χ1) is 56.6. The summed E-state index contributed by atoms with van der Waals surface area (Å²) in [4.78, 5) is 163. The molecule has 4 unspecified atom stereocenters. The smallest absolute Gasteiger partial charge is 0.416 e. The average molecular weight is 1680 g/mol. The maximum atomic E-state index is 14.7. The fourth-order valence-corrected chi connectivity index (χ4v) is 14.5. The van der Waals surface area contributed by atoms with Gasteiger partial charge in [0, 0.05) is 66.8 Å². The number of fused-ring (bicyclic) bond motifs is 4. The molecular formula is C79H84N4O35S. The molecule has 0 aromatic heterocycles. The highest BCUT2D eigenvalue weighted by Gasteiger charge is 2.58. The Morgan fingerprint density at radius 2 is 0.840 bits per heavy atom. The zero-order valence-corrected chi connectivity index (χ0v) is 66.4. The summed E-state index contributed by atoms with van der Waals surface area (Å²) in [6, 6.07) is 18.8. The predicted molar refractivity (Wildman–Crippen MR) is 400 cm³/mol. The van der Waals surface area contributed by atoms with Gasteiger partial charge in [-0.15, -0.1) is 0 Å². The molecule has 3 N–H and O–H groups in total. The lowest BCUT2D eigenvalue weighted by atomic mass is 9.97. The highest BCUT2D eigenvalue weighted by molar-refractivity contribution is 7.74. The molecule has 15 atom stereocenters. The third kappa shape index (κ3) is 20.2. The van der Waals surface area contributed by atoms with Crippen molar-refractivity contribution in [1.82, 2.24) is 9.80 Å². The first-order valence-electron chi connectivity index (χ1n) is 36.5. The van der Waals surface area contributed by atoms with Crippen molar-refractivity contribution in [2.45, 2.75) is 173 Å². The van der Waals surface area contributed by atoms with Gasteiger partial charge in [0.25, 0.3) is 11.8 Å². The quantitative estimate of drug-likeness (QED) is 0.0270. The van der Waals surface area contributed by atoms with E-state index in [2.05, 4.69) is 13.2 Å². The number of esters is 8. The van der Waals surface area contributed by atoms with E-state index in [9.17, 15) is 76.5 Å². The fourth-order valence-electron chi connectivity index (χ4n) is 14.3. The van der Waals surface area contributed by atoms with E-state index in [-0.39, 0.29) is 99.8 Å². The number of amides is 4. The van der Waals surface area contributed by atoms with Crippen LogP contribution in [-0.2, 0) is 133 Å². The van der Waals surface area contributed by atoms with Crippen molar-refractivity contribution in [3.8, 4) is 40.2 Å². The van der Waals surface area contributed by atoms with Gasteiger partial charge in [-0.05, 0) is 96.1 Å². The maximum absolute atomic E-state index is 14.7. The van der Waals surface area contributed by atoms with Crippen LogP contribution in [0.1, 0.15) is 104 Å². The van der Waals surface area contributed by atoms with Crippen LogP contribution in [0.5, 0.6) is 40.2 Å². The Morgan fingerprint density at radius 1 is 0.462 bits per heavy atom. The van der Waals surface area contributed by atoms with E-state index >= 15 is 0 Å². The van der Waals surface area contributed by atoms with Crippen LogP contribution in [0.15, 0.2) is 115 Å². The van der Waals surface area contributed by atoms with Crippen molar-refractivity contribution in [2.75, 3.05) is 51.3 Å². The third-order valence-electron chi connectivity index (χ3n) is 19.3. The minimum absolute atomic E-state index is 0.00982. The Bertz CT molecular complexity index is 4810. The van der Waals surface area contributed by atoms with Gasteiger partial charge in [-0.3, -0.25) is 42.9 Å². The number of ether oxygens (including phenoxy) is 18. The molecule has 0 spiro atoms. The molecule has 6 heterocycles. The van der Waals surface area contributed by atoms with Crippen LogP contribution in [0.3, 0.4) is 0 Å². The Morgan fingerprint density at radius 3 is 1.23 bits per heavy atom. The number of nitrogens with zero attached hydrogens (tertiary/aromatic N) is 4. The van der Waals surface area contributed by atoms with Crippen LogP contribution in [0.4, 0.5) is 21.0 Å². The number of carbonyl (C=O) groups excluding carboxylic acids is 12. The molecule has 0 aliphatic carbocycles. The largest absolute Gasteiger partial charge is 0.493 e. The lowest BCUT2D eigenvalue weighted by Gasteiger charge is -2.43. The summed E-state index contributed by atoms with van der Waals surface area (Å²) in [7, 11) is 4.63. The highest BCUT2D eigenvalue weighted by atomic mass is 32.2. The number of carbonyl (C=O) groups is 12. The molecular weight excluding hydrogens is 1600 g/mol. The number of hydrogen-bond acceptors (Lipinski definition) is 34. The van der Waals surface area contributed by atoms with Gasteiger partial charge in [0.15, 0.2) is 72.1 Å². The van der Waals surface area contributed by atoms with Gasteiger partial charge < -0.3 is 109 Å². The van der Waals surface area contributed by atoms with E-state index in [1.807, 2.05) is 0 Å². The van der Waals surface area contributed by atoms with Crippen molar-refractivity contribution < 1.29 is 166 Å². The summed E-state index contributed by atoms with van der Waals surface area (Å²) < 4.78 is 130. The van der Waals surface area contributed by atoms with Crippen LogP contribution in [0.25, 0.3) is 0 Å². The molecule has 5 aromatic rings. The molecule has 4 saturated heterocycles. The maximum Gasteiger partial charge on any atom is 0.416 e. The lowest BCUT2D eigenvalue weighted by molar-refractivity contribution is -0.282. The SMILES string of the molecule is C=C1CCC2C(O)N(C(=O)OCc3ccc(O[C@@H]4O[C@H](C(=O)OC)[C@@H](OC(C)=O)[C@H](OC(C)=O)[C@H]4OC(C)=O)cc3)c3cc(OCc4cc(COc5cc6c(cc5OC)C(=O)N5CC(=C)C[C@H]5C(O)N6C(=O)OCc5ccc(O[C@@H]6O[C@H](C(=O)OC)[C@@H](OC(C)=O)[C@H](OC(C)=O)[C@H]6OC(C)=O)cc5)cc(OS(=O)O)c4)c(OC)cc3C(=O)N2C1. The Hall–Kier alpha value is -12.6. The van der Waals surface area contributed by atoms with Crippen molar-refractivity contribution in [3.05, 3.63) is 149 Å². The molecule has 6 aliphatic heterocycles. The monoisotopic (exact) mass is 1680 g/mol. The van der Waals surface area contributed by atoms with Crippen molar-refractivity contribution in [3.63, 3.8) is 0 Å². The first kappa shape index (κ1) is 87.2. The molecule has 636 valence electrons. The molecule has 6 aliphatic rings. The third-order valence-corrected chi connectivity index (χ3v) is 19.6. The fraction of sp³-hybridized carbons (Fsp3) is 0.418. The second-order valence-corrected chi connectivity index (χ2v) is 28.3. The second-order valence-electron chi connectivity index (χ2n) is 27.7. The normalized spacial score (nSPS) is 23.9. The van der Waals surface area contributed by atoms with Gasteiger partial charge in [-0.2, -0.15) is 4.21 Å². The van der Waals surface area contributed by atoms with Gasteiger partial charge in [0.1, 0.15) is 43.7 Å². The highest BCUT2D eigenvalue weighted by Crippen LogP contribution is 2.46. The second kappa shape index (κ2) is 37.8. The first-order valence-corrected chi connectivity index (χ1v) is 37.6. The summed E-state index contributed by atoms with van der Waals surface area (Å²) >= 11 is -2.90. The van der Waals surface area contributed by atoms with E-state index in [0.29, 0.717) is 28.7 Å². The van der Waals surface area contributed by atoms with Gasteiger partial charge >= 0.3 is 71.3 Å². The summed E-state index contributed by atoms with van der Waals surface area (Å²) in [6.07, 6.45) is -21.9. The number of benzene rings is 5. The van der Waals surface area contributed by atoms with Crippen LogP contribution in [0, 0.1) is 0 Å². The molecule has 5 aromatic carbocycles. The minimum Gasteiger partial charge on any atom is -0.493 e. The zero-order valence-electron chi connectivity index (χ0n) is 65.6. The number of methoxy groups -OCH3 is 4. The summed E-state index contributed by atoms with van der Waals surface area (Å²) in [6.45, 7) is 12.6. The Kier molecular flexibility index (Phi) is 27.7. The Labute approximate surface area is 680 Å². The number of aliphatic hydroxyl groups excluding tert-OH is 2. The molecule has 40 heteroatoms. The summed E-state index contributed by atoms with van der Waals surface area (Å²) in [5.74, 6) is -9.21. The van der Waals surface area contributed by atoms with Gasteiger partial charge in [-0.25, -0.2) is 29.0 Å². The molecule has 39 nitrogen and oxygen atoms in total. The lowest BCUT2D eigenvalue weighted by Crippen LogP contribution is -2.64. The molecule has 119 heavy (non-hydrogen) atoms. The molecule has 4 fully saturated rings. The number of anilines is 2. The molecule has 0 bridgehead atoms. The van der Waals surface area contributed by atoms with Crippen LogP contribution in [-0.4, -0.2) is 228 Å². The van der Waals surface area contributed by atoms with Gasteiger partial charge in [0.05, 0.1) is 63.0 Å². The van der Waals surface area contributed by atoms with Gasteiger partial charge in [0.2, 0.25) is 24.8 Å². The summed E-state index contributed by atoms with van der Waals surface area (Å²) in [5.41, 5.74) is 1.76. The van der Waals surface area contributed by atoms with Crippen LogP contribution >= 0.6 is 0 Å². The molecule has 0 saturated carbocycles. The minimum atomic E-state index is -2.90. The molecule has 0 radical (unpaired) electrons. The van der Waals surface area contributed by atoms with E-state index in [4.69, 9.17) is 89.4 Å². The average Bonchev–Trinajstić information content (AvgIpc) is 1.64. The molecule has 4 amide bonds. The van der Waals surface area contributed by atoms with E-state index in [0.717, 1.165) is 65.6 Å². The number of hydrogen-bond donors (Lipinski definition) is 3. The number of rotatable bonds is 26. The number of aliphatic hydroxyl groups is 2. The standard InChI is InChI=1S/C79H84N4O35S/c1-37-13-22-54-72(92)82(78(96)106-33-45-14-18-49(19-15-45)114-76-68(112-43(7)88)64(110-41(5)86)62(108-39(3)84)66(116-76)74(94)102-11)55-29-60(58(100-9)27-52(55)70(90)80(54)31-37)104-35-47-24-48(26-51(25-47)118-119(98)99)36-105-61-30-56-53(28-59(61)101-10)71(91)81-32-38(2)23-57(81)73(93)83(56)79(97)107-34-46-16-20-50(21-17-46)115-77-69(113-44(8)89)65(111-42(6)87)63(109-40(4)85)67(117-77)75(95)103-12/h14-21,24-30,54,57,62-69,72-73,76-77,92-93H,1-2,13,22-23,31-36H2,3-12H3,(H,98,99)/t54?,57-,62-,63-,64-,65-,66-,67-,68+,69+,72?,73?,76+,77+/m0/s1. The van der Waals surface area contributed by atoms with Crippen molar-refractivity contribution in [1.29, 1.82) is 0 Å². The van der Waals surface area contributed by atoms with E-state index < -0.39 is 195 Å². The van der Waals surface area contributed by atoms with E-state index in [1.165, 1.54) is 109 Å². The number of piperidine rings is 1. The van der Waals surface area contributed by atoms with Crippen molar-refractivity contribution in [2.24, 2.45) is 0 Å². The zero-order chi connectivity index (χ0) is 86.1. The van der Waals surface area contributed by atoms with Crippen molar-refractivity contribution >= 4 is 94.5 Å².